The van der Waals surface area contributed by atoms with Crippen LogP contribution >= 0.6 is 0 Å². The van der Waals surface area contributed by atoms with E-state index in [1.807, 2.05) is 0 Å². The number of aryl methyl sites for hydroxylation is 1. The van der Waals surface area contributed by atoms with Crippen molar-refractivity contribution in [3.8, 4) is 0 Å². The number of rotatable bonds is 11. The molecule has 1 aliphatic rings. The van der Waals surface area contributed by atoms with Crippen LogP contribution in [0.2, 0.25) is 0 Å². The summed E-state index contributed by atoms with van der Waals surface area (Å²) in [6.07, 6.45) is 4.99. The maximum atomic E-state index is 13.7. The van der Waals surface area contributed by atoms with Crippen LogP contribution in [0.15, 0.2) is 48.0 Å². The van der Waals surface area contributed by atoms with E-state index in [4.69, 9.17) is 0 Å². The van der Waals surface area contributed by atoms with Crippen molar-refractivity contribution in [2.24, 2.45) is 0 Å². The van der Waals surface area contributed by atoms with Gasteiger partial charge in [0.05, 0.1) is 24.1 Å². The summed E-state index contributed by atoms with van der Waals surface area (Å²) in [6.45, 7) is 0.591. The number of nitrogens with one attached hydrogen (secondary N) is 1. The molecule has 1 aliphatic heterocycles. The minimum absolute atomic E-state index is 0.0902. The van der Waals surface area contributed by atoms with Crippen molar-refractivity contribution in [2.45, 2.75) is 44.7 Å². The van der Waals surface area contributed by atoms with E-state index in [9.17, 15) is 30.4 Å². The Kier molecular flexibility index (Phi) is 8.79. The molecular weight excluding hydrogens is 608 g/mol. The summed E-state index contributed by atoms with van der Waals surface area (Å²) < 4.78 is 79.0. The summed E-state index contributed by atoms with van der Waals surface area (Å²) >= 11 is 0. The van der Waals surface area contributed by atoms with E-state index >= 15 is 0 Å². The Morgan fingerprint density at radius 1 is 1.09 bits per heavy atom. The van der Waals surface area contributed by atoms with Gasteiger partial charge in [0.2, 0.25) is 16.0 Å². The first-order valence-corrected chi connectivity index (χ1v) is 16.8. The van der Waals surface area contributed by atoms with Gasteiger partial charge in [0.1, 0.15) is 18.3 Å². The number of piperidine rings is 1. The fourth-order valence-electron chi connectivity index (χ4n) is 4.82. The quantitative estimate of drug-likeness (QED) is 0.252. The number of hydrogen-bond donors (Lipinski definition) is 1. The second-order valence-electron chi connectivity index (χ2n) is 10.2. The molecule has 4 aromatic rings. The van der Waals surface area contributed by atoms with Crippen LogP contribution in [0.5, 0.6) is 0 Å². The average Bonchev–Trinajstić information content (AvgIpc) is 3.51. The van der Waals surface area contributed by atoms with Gasteiger partial charge in [-0.05, 0) is 43.4 Å². The van der Waals surface area contributed by atoms with Crippen molar-refractivity contribution in [1.82, 2.24) is 38.0 Å². The lowest BCUT2D eigenvalue weighted by molar-refractivity contribution is 0.149. The lowest BCUT2D eigenvalue weighted by atomic mass is 10.1. The Balaban J connectivity index is 1.32. The smallest absolute Gasteiger partial charge is 0.269 e. The third kappa shape index (κ3) is 7.19. The molecule has 14 nitrogen and oxygen atoms in total. The van der Waals surface area contributed by atoms with Crippen LogP contribution in [0.25, 0.3) is 11.0 Å². The van der Waals surface area contributed by atoms with Crippen LogP contribution in [0.3, 0.4) is 0 Å². The van der Waals surface area contributed by atoms with E-state index in [-0.39, 0.29) is 41.7 Å². The standard InChI is InChI=1S/C25H29F2N9O5S2/c1-42(38,39)34-8-6-20(7-9-34)32-25-30-13-18-11-21(22(26)27)24(37)35(23(18)33-25)14-17-4-5-19(29-12-17)3-2-10-43(40,41)36-16-28-15-31-36/h4-5,11-13,15-16,20,22H,2-3,6-10,14H2,1H3,(H,30,32,33). The number of fused-ring (bicyclic) bond motifs is 1. The van der Waals surface area contributed by atoms with Gasteiger partial charge >= 0.3 is 0 Å². The minimum Gasteiger partial charge on any atom is -0.351 e. The molecule has 18 heteroatoms. The van der Waals surface area contributed by atoms with Gasteiger partial charge < -0.3 is 5.32 Å². The van der Waals surface area contributed by atoms with E-state index < -0.39 is 37.6 Å². The summed E-state index contributed by atoms with van der Waals surface area (Å²) in [5.41, 5.74) is -0.246. The highest BCUT2D eigenvalue weighted by Gasteiger charge is 2.26. The molecule has 0 unspecified atom stereocenters. The van der Waals surface area contributed by atoms with Crippen LogP contribution in [-0.4, -0.2) is 86.0 Å². The molecule has 0 spiro atoms. The molecule has 1 fully saturated rings. The van der Waals surface area contributed by atoms with Gasteiger partial charge in [0.15, 0.2) is 0 Å². The second-order valence-corrected chi connectivity index (χ2v) is 14.1. The van der Waals surface area contributed by atoms with Crippen LogP contribution in [0, 0.1) is 0 Å². The Bertz CT molecular complexity index is 1860. The molecule has 1 saturated heterocycles. The highest BCUT2D eigenvalue weighted by molar-refractivity contribution is 7.89. The lowest BCUT2D eigenvalue weighted by Gasteiger charge is -2.30. The average molecular weight is 638 g/mol. The molecule has 0 bridgehead atoms. The molecule has 0 saturated carbocycles. The Morgan fingerprint density at radius 3 is 2.49 bits per heavy atom. The maximum Gasteiger partial charge on any atom is 0.269 e. The van der Waals surface area contributed by atoms with Crippen molar-refractivity contribution >= 4 is 37.0 Å². The molecule has 0 atom stereocenters. The summed E-state index contributed by atoms with van der Waals surface area (Å²) in [7, 11) is -6.91. The number of pyridine rings is 2. The number of nitrogens with zero attached hydrogens (tertiary/aromatic N) is 8. The van der Waals surface area contributed by atoms with Crippen molar-refractivity contribution in [2.75, 3.05) is 30.4 Å². The summed E-state index contributed by atoms with van der Waals surface area (Å²) in [6, 6.07) is 4.35. The molecule has 0 aliphatic carbocycles. The first kappa shape index (κ1) is 30.6. The number of hydrogen-bond acceptors (Lipinski definition) is 11. The third-order valence-electron chi connectivity index (χ3n) is 7.09. The monoisotopic (exact) mass is 637 g/mol. The zero-order valence-corrected chi connectivity index (χ0v) is 24.7. The van der Waals surface area contributed by atoms with Crippen LogP contribution < -0.4 is 10.9 Å². The summed E-state index contributed by atoms with van der Waals surface area (Å²) in [5.74, 6) is 0.0339. The maximum absolute atomic E-state index is 13.7. The number of aromatic nitrogens is 7. The predicted octanol–water partition coefficient (Wildman–Crippen LogP) is 1.41. The first-order chi connectivity index (χ1) is 20.4. The molecule has 0 radical (unpaired) electrons. The molecule has 43 heavy (non-hydrogen) atoms. The Hall–Kier alpha value is -3.90. The van der Waals surface area contributed by atoms with E-state index in [1.54, 1.807) is 12.1 Å². The highest BCUT2D eigenvalue weighted by Crippen LogP contribution is 2.22. The zero-order valence-electron chi connectivity index (χ0n) is 23.0. The number of alkyl halides is 2. The third-order valence-corrected chi connectivity index (χ3v) is 9.96. The van der Waals surface area contributed by atoms with Crippen LogP contribution in [0.1, 0.15) is 42.5 Å². The second kappa shape index (κ2) is 12.4. The van der Waals surface area contributed by atoms with Gasteiger partial charge in [0, 0.05) is 42.6 Å². The molecule has 5 rings (SSSR count). The number of halogens is 2. The van der Waals surface area contributed by atoms with Gasteiger partial charge in [-0.1, -0.05) is 6.07 Å². The molecule has 4 aromatic heterocycles. The zero-order chi connectivity index (χ0) is 30.8. The lowest BCUT2D eigenvalue weighted by Crippen LogP contribution is -2.42. The molecule has 0 aromatic carbocycles. The van der Waals surface area contributed by atoms with Gasteiger partial charge in [-0.15, -0.1) is 9.19 Å². The fourth-order valence-corrected chi connectivity index (χ4v) is 6.77. The van der Waals surface area contributed by atoms with E-state index in [2.05, 4.69) is 30.4 Å². The molecular formula is C25H29F2N9O5S2. The van der Waals surface area contributed by atoms with Crippen LogP contribution in [0.4, 0.5) is 14.7 Å². The molecule has 230 valence electrons. The van der Waals surface area contributed by atoms with Crippen molar-refractivity contribution in [3.63, 3.8) is 0 Å². The predicted molar refractivity (Wildman–Crippen MR) is 153 cm³/mol. The van der Waals surface area contributed by atoms with E-state index in [0.717, 1.165) is 33.6 Å². The summed E-state index contributed by atoms with van der Waals surface area (Å²) in [5, 5.41) is 7.07. The summed E-state index contributed by atoms with van der Waals surface area (Å²) in [4.78, 5) is 29.8. The van der Waals surface area contributed by atoms with Crippen LogP contribution in [-0.2, 0) is 33.0 Å². The van der Waals surface area contributed by atoms with Crippen molar-refractivity contribution in [1.29, 1.82) is 0 Å². The first-order valence-electron chi connectivity index (χ1n) is 13.3. The largest absolute Gasteiger partial charge is 0.351 e. The SMILES string of the molecule is CS(=O)(=O)N1CCC(Nc2ncc3cc(C(F)F)c(=O)n(Cc4ccc(CCCS(=O)(=O)n5cncn5)nc4)c3n2)CC1. The topological polar surface area (TPSA) is 175 Å². The van der Waals surface area contributed by atoms with Gasteiger partial charge in [-0.2, -0.15) is 4.98 Å². The molecule has 1 N–H and O–H groups in total. The van der Waals surface area contributed by atoms with Gasteiger partial charge in [-0.25, -0.2) is 39.9 Å². The van der Waals surface area contributed by atoms with E-state index in [1.165, 1.54) is 16.7 Å². The minimum atomic E-state index is -3.62. The highest BCUT2D eigenvalue weighted by atomic mass is 32.2. The van der Waals surface area contributed by atoms with Crippen molar-refractivity contribution in [3.05, 3.63) is 70.4 Å². The number of sulfonamides is 1. The molecule has 5 heterocycles. The number of anilines is 1. The molecule has 0 amide bonds. The Labute approximate surface area is 245 Å². The van der Waals surface area contributed by atoms with Gasteiger partial charge in [0.25, 0.3) is 22.0 Å². The van der Waals surface area contributed by atoms with Gasteiger partial charge in [-0.3, -0.25) is 14.3 Å². The normalized spacial score (nSPS) is 15.3. The van der Waals surface area contributed by atoms with Crippen molar-refractivity contribution < 1.29 is 25.6 Å². The van der Waals surface area contributed by atoms with E-state index in [0.29, 0.717) is 43.6 Å². The Morgan fingerprint density at radius 2 is 1.86 bits per heavy atom. The fraction of sp³-hybridized carbons (Fsp3) is 0.440.